The van der Waals surface area contributed by atoms with Crippen LogP contribution in [-0.4, -0.2) is 23.4 Å². The minimum atomic E-state index is -0.226. The number of alkyl halides is 1. The van der Waals surface area contributed by atoms with Crippen molar-refractivity contribution in [3.8, 4) is 0 Å². The SMILES string of the molecule is Fc1cc(Cl)ccc1CN(CCCl)C1CCC1. The molecule has 4 heteroatoms. The number of benzene rings is 1. The van der Waals surface area contributed by atoms with Gasteiger partial charge in [0.2, 0.25) is 0 Å². The monoisotopic (exact) mass is 275 g/mol. The van der Waals surface area contributed by atoms with Crippen molar-refractivity contribution in [2.75, 3.05) is 12.4 Å². The van der Waals surface area contributed by atoms with Crippen molar-refractivity contribution in [2.45, 2.75) is 31.8 Å². The summed E-state index contributed by atoms with van der Waals surface area (Å²) in [5, 5.41) is 0.443. The molecule has 1 aliphatic carbocycles. The van der Waals surface area contributed by atoms with Crippen LogP contribution in [0.15, 0.2) is 18.2 Å². The molecule has 0 unspecified atom stereocenters. The third-order valence-electron chi connectivity index (χ3n) is 3.35. The molecule has 1 nitrogen and oxygen atoms in total. The van der Waals surface area contributed by atoms with Crippen molar-refractivity contribution in [2.24, 2.45) is 0 Å². The number of hydrogen-bond donors (Lipinski definition) is 0. The predicted octanol–water partition coefficient (Wildman–Crippen LogP) is 4.07. The van der Waals surface area contributed by atoms with Gasteiger partial charge in [-0.1, -0.05) is 24.1 Å². The molecule has 0 spiro atoms. The Balaban J connectivity index is 2.05. The van der Waals surface area contributed by atoms with E-state index in [0.717, 1.165) is 6.54 Å². The van der Waals surface area contributed by atoms with Crippen molar-refractivity contribution in [1.29, 1.82) is 0 Å². The standard InChI is InChI=1S/C13H16Cl2FN/c14-6-7-17(12-2-1-3-12)9-10-4-5-11(15)8-13(10)16/h4-5,8,12H,1-3,6-7,9H2. The lowest BCUT2D eigenvalue weighted by molar-refractivity contribution is 0.126. The van der Waals surface area contributed by atoms with Gasteiger partial charge in [0.1, 0.15) is 5.82 Å². The zero-order valence-electron chi connectivity index (χ0n) is 9.63. The highest BCUT2D eigenvalue weighted by Gasteiger charge is 2.25. The molecule has 0 radical (unpaired) electrons. The first-order valence-electron chi connectivity index (χ1n) is 5.94. The average Bonchev–Trinajstić information content (AvgIpc) is 2.20. The summed E-state index contributed by atoms with van der Waals surface area (Å²) in [6, 6.07) is 5.44. The zero-order valence-corrected chi connectivity index (χ0v) is 11.1. The smallest absolute Gasteiger partial charge is 0.129 e. The van der Waals surface area contributed by atoms with E-state index in [1.807, 2.05) is 0 Å². The highest BCUT2D eigenvalue weighted by molar-refractivity contribution is 6.30. The molecule has 1 aromatic rings. The molecule has 17 heavy (non-hydrogen) atoms. The second-order valence-electron chi connectivity index (χ2n) is 4.48. The van der Waals surface area contributed by atoms with Crippen molar-refractivity contribution < 1.29 is 4.39 Å². The van der Waals surface area contributed by atoms with E-state index in [0.29, 0.717) is 29.1 Å². The first kappa shape index (κ1) is 13.1. The van der Waals surface area contributed by atoms with Gasteiger partial charge in [-0.3, -0.25) is 4.90 Å². The van der Waals surface area contributed by atoms with Gasteiger partial charge in [-0.2, -0.15) is 0 Å². The van der Waals surface area contributed by atoms with Crippen LogP contribution in [0, 0.1) is 5.82 Å². The Hall–Kier alpha value is -0.310. The summed E-state index contributed by atoms with van der Waals surface area (Å²) in [5.41, 5.74) is 0.700. The second kappa shape index (κ2) is 6.03. The van der Waals surface area contributed by atoms with Gasteiger partial charge in [0.05, 0.1) is 0 Å². The number of rotatable bonds is 5. The van der Waals surface area contributed by atoms with Crippen molar-refractivity contribution in [3.05, 3.63) is 34.6 Å². The Morgan fingerprint density at radius 1 is 1.35 bits per heavy atom. The topological polar surface area (TPSA) is 3.24 Å². The maximum Gasteiger partial charge on any atom is 0.129 e. The lowest BCUT2D eigenvalue weighted by Crippen LogP contribution is -2.40. The van der Waals surface area contributed by atoms with Gasteiger partial charge in [-0.05, 0) is 25.0 Å². The maximum atomic E-state index is 13.7. The van der Waals surface area contributed by atoms with Gasteiger partial charge in [0, 0.05) is 35.6 Å². The van der Waals surface area contributed by atoms with Crippen LogP contribution < -0.4 is 0 Å². The lowest BCUT2D eigenvalue weighted by Gasteiger charge is -2.37. The Morgan fingerprint density at radius 2 is 2.12 bits per heavy atom. The average molecular weight is 276 g/mol. The molecule has 0 atom stereocenters. The van der Waals surface area contributed by atoms with Crippen LogP contribution in [0.4, 0.5) is 4.39 Å². The largest absolute Gasteiger partial charge is 0.295 e. The molecule has 1 fully saturated rings. The van der Waals surface area contributed by atoms with Crippen LogP contribution in [0.5, 0.6) is 0 Å². The molecule has 0 heterocycles. The fraction of sp³-hybridized carbons (Fsp3) is 0.538. The third-order valence-corrected chi connectivity index (χ3v) is 3.76. The maximum absolute atomic E-state index is 13.7. The molecule has 0 saturated heterocycles. The van der Waals surface area contributed by atoms with Gasteiger partial charge in [-0.15, -0.1) is 11.6 Å². The fourth-order valence-corrected chi connectivity index (χ4v) is 2.50. The normalized spacial score (nSPS) is 16.2. The zero-order chi connectivity index (χ0) is 12.3. The predicted molar refractivity (Wildman–Crippen MR) is 70.2 cm³/mol. The van der Waals surface area contributed by atoms with Gasteiger partial charge in [0.15, 0.2) is 0 Å². The van der Waals surface area contributed by atoms with Gasteiger partial charge >= 0.3 is 0 Å². The Morgan fingerprint density at radius 3 is 2.65 bits per heavy atom. The molecule has 0 amide bonds. The van der Waals surface area contributed by atoms with Crippen molar-refractivity contribution >= 4 is 23.2 Å². The highest BCUT2D eigenvalue weighted by atomic mass is 35.5. The summed E-state index contributed by atoms with van der Waals surface area (Å²) < 4.78 is 13.7. The summed E-state index contributed by atoms with van der Waals surface area (Å²) in [6.45, 7) is 1.44. The molecule has 1 aromatic carbocycles. The molecule has 0 aromatic heterocycles. The minimum absolute atomic E-state index is 0.226. The highest BCUT2D eigenvalue weighted by Crippen LogP contribution is 2.27. The lowest BCUT2D eigenvalue weighted by atomic mass is 9.91. The molecule has 1 saturated carbocycles. The van der Waals surface area contributed by atoms with Gasteiger partial charge in [0.25, 0.3) is 0 Å². The van der Waals surface area contributed by atoms with Crippen LogP contribution in [0.3, 0.4) is 0 Å². The van der Waals surface area contributed by atoms with Crippen LogP contribution >= 0.6 is 23.2 Å². The molecular weight excluding hydrogens is 260 g/mol. The van der Waals surface area contributed by atoms with E-state index in [9.17, 15) is 4.39 Å². The Bertz CT molecular complexity index is 380. The van der Waals surface area contributed by atoms with E-state index in [2.05, 4.69) is 4.90 Å². The molecule has 0 bridgehead atoms. The molecular formula is C13H16Cl2FN. The summed E-state index contributed by atoms with van der Waals surface area (Å²) in [7, 11) is 0. The first-order chi connectivity index (χ1) is 8.20. The number of hydrogen-bond acceptors (Lipinski definition) is 1. The Kier molecular flexibility index (Phi) is 4.66. The van der Waals surface area contributed by atoms with Crippen molar-refractivity contribution in [3.63, 3.8) is 0 Å². The van der Waals surface area contributed by atoms with Crippen LogP contribution in [0.2, 0.25) is 5.02 Å². The molecule has 0 aliphatic heterocycles. The van der Waals surface area contributed by atoms with Crippen LogP contribution in [0.1, 0.15) is 24.8 Å². The fourth-order valence-electron chi connectivity index (χ4n) is 2.12. The Labute approximate surface area is 112 Å². The summed E-state index contributed by atoms with van der Waals surface area (Å²) >= 11 is 11.5. The number of halogens is 3. The van der Waals surface area contributed by atoms with E-state index < -0.39 is 0 Å². The van der Waals surface area contributed by atoms with E-state index in [1.54, 1.807) is 12.1 Å². The van der Waals surface area contributed by atoms with E-state index in [1.165, 1.54) is 25.3 Å². The quantitative estimate of drug-likeness (QED) is 0.733. The van der Waals surface area contributed by atoms with Crippen LogP contribution in [0.25, 0.3) is 0 Å². The van der Waals surface area contributed by atoms with E-state index in [-0.39, 0.29) is 5.82 Å². The third kappa shape index (κ3) is 3.34. The van der Waals surface area contributed by atoms with Crippen LogP contribution in [-0.2, 0) is 6.54 Å². The van der Waals surface area contributed by atoms with E-state index in [4.69, 9.17) is 23.2 Å². The molecule has 1 aliphatic rings. The van der Waals surface area contributed by atoms with Gasteiger partial charge in [-0.25, -0.2) is 4.39 Å². The second-order valence-corrected chi connectivity index (χ2v) is 5.29. The molecule has 2 rings (SSSR count). The minimum Gasteiger partial charge on any atom is -0.295 e. The summed E-state index contributed by atoms with van der Waals surface area (Å²) in [4.78, 5) is 2.27. The molecule has 94 valence electrons. The van der Waals surface area contributed by atoms with Gasteiger partial charge < -0.3 is 0 Å². The molecule has 0 N–H and O–H groups in total. The summed E-state index contributed by atoms with van der Waals surface area (Å²) in [6.07, 6.45) is 3.67. The number of nitrogens with zero attached hydrogens (tertiary/aromatic N) is 1. The van der Waals surface area contributed by atoms with Crippen molar-refractivity contribution in [1.82, 2.24) is 4.90 Å². The summed E-state index contributed by atoms with van der Waals surface area (Å²) in [5.74, 6) is 0.363. The first-order valence-corrected chi connectivity index (χ1v) is 6.86. The van der Waals surface area contributed by atoms with E-state index >= 15 is 0 Å².